The van der Waals surface area contributed by atoms with Crippen LogP contribution in [-0.4, -0.2) is 18.2 Å². The molecule has 2 aromatic rings. The van der Waals surface area contributed by atoms with Crippen LogP contribution in [0.3, 0.4) is 0 Å². The van der Waals surface area contributed by atoms with E-state index >= 15 is 0 Å². The first-order chi connectivity index (χ1) is 11.1. The van der Waals surface area contributed by atoms with Gasteiger partial charge in [-0.05, 0) is 43.0 Å². The van der Waals surface area contributed by atoms with Crippen molar-refractivity contribution in [3.05, 3.63) is 65.2 Å². The van der Waals surface area contributed by atoms with Crippen molar-refractivity contribution in [2.75, 3.05) is 6.61 Å². The Morgan fingerprint density at radius 2 is 1.83 bits per heavy atom. The molecule has 120 valence electrons. The summed E-state index contributed by atoms with van der Waals surface area (Å²) < 4.78 is 5.49. The summed E-state index contributed by atoms with van der Waals surface area (Å²) in [5.74, 6) is 0.427. The molecule has 0 aliphatic rings. The number of benzene rings is 2. The van der Waals surface area contributed by atoms with E-state index in [0.29, 0.717) is 5.75 Å². The molecule has 0 atom stereocenters. The van der Waals surface area contributed by atoms with Gasteiger partial charge in [0.2, 0.25) is 0 Å². The maximum Gasteiger partial charge on any atom is 0.277 e. The number of hydrogen-bond donors (Lipinski definition) is 1. The van der Waals surface area contributed by atoms with Gasteiger partial charge in [-0.25, -0.2) is 5.43 Å². The van der Waals surface area contributed by atoms with Gasteiger partial charge in [-0.15, -0.1) is 0 Å². The van der Waals surface area contributed by atoms with Gasteiger partial charge in [-0.3, -0.25) is 4.79 Å². The van der Waals surface area contributed by atoms with Gasteiger partial charge in [0.15, 0.2) is 6.61 Å². The fraction of sp³-hybridized carbons (Fsp3) is 0.263. The molecule has 2 rings (SSSR count). The van der Waals surface area contributed by atoms with Gasteiger partial charge in [0.05, 0.1) is 5.71 Å². The monoisotopic (exact) mass is 310 g/mol. The lowest BCUT2D eigenvalue weighted by Gasteiger charge is -2.08. The lowest BCUT2D eigenvalue weighted by Crippen LogP contribution is -2.25. The van der Waals surface area contributed by atoms with Crippen LogP contribution in [0.25, 0.3) is 0 Å². The zero-order valence-electron chi connectivity index (χ0n) is 13.8. The zero-order valence-corrected chi connectivity index (χ0v) is 13.8. The Morgan fingerprint density at radius 1 is 1.13 bits per heavy atom. The van der Waals surface area contributed by atoms with Gasteiger partial charge < -0.3 is 4.74 Å². The molecule has 0 unspecified atom stereocenters. The molecule has 1 N–H and O–H groups in total. The summed E-state index contributed by atoms with van der Waals surface area (Å²) in [6.45, 7) is 5.86. The maximum absolute atomic E-state index is 11.8. The van der Waals surface area contributed by atoms with Crippen LogP contribution in [0.2, 0.25) is 0 Å². The molecule has 0 saturated carbocycles. The highest BCUT2D eigenvalue weighted by atomic mass is 16.5. The number of amides is 1. The lowest BCUT2D eigenvalue weighted by molar-refractivity contribution is -0.123. The lowest BCUT2D eigenvalue weighted by atomic mass is 10.1. The standard InChI is InChI=1S/C19H22N2O2/c1-4-16-9-11-17(12-10-16)15(3)20-21-19(22)13-23-18-8-6-5-7-14(18)2/h5-12H,4,13H2,1-3H3,(H,21,22)/b20-15+. The van der Waals surface area contributed by atoms with Crippen LogP contribution in [-0.2, 0) is 11.2 Å². The van der Waals surface area contributed by atoms with Gasteiger partial charge in [0.1, 0.15) is 5.75 Å². The van der Waals surface area contributed by atoms with Gasteiger partial charge in [0.25, 0.3) is 5.91 Å². The molecule has 0 saturated heterocycles. The van der Waals surface area contributed by atoms with Crippen LogP contribution in [0.15, 0.2) is 53.6 Å². The van der Waals surface area contributed by atoms with Crippen molar-refractivity contribution in [1.29, 1.82) is 0 Å². The largest absolute Gasteiger partial charge is 0.483 e. The van der Waals surface area contributed by atoms with E-state index in [9.17, 15) is 4.79 Å². The predicted octanol–water partition coefficient (Wildman–Crippen LogP) is 3.48. The van der Waals surface area contributed by atoms with Crippen molar-refractivity contribution in [3.8, 4) is 5.75 Å². The summed E-state index contributed by atoms with van der Waals surface area (Å²) in [6, 6.07) is 15.7. The Morgan fingerprint density at radius 3 is 2.48 bits per heavy atom. The second kappa shape index (κ2) is 8.13. The first-order valence-corrected chi connectivity index (χ1v) is 7.71. The third kappa shape index (κ3) is 4.95. The number of ether oxygens (including phenoxy) is 1. The number of nitrogens with one attached hydrogen (secondary N) is 1. The highest BCUT2D eigenvalue weighted by Gasteiger charge is 2.04. The number of carbonyl (C=O) groups excluding carboxylic acids is 1. The van der Waals surface area contributed by atoms with E-state index in [1.807, 2.05) is 50.2 Å². The third-order valence-corrected chi connectivity index (χ3v) is 3.58. The Hall–Kier alpha value is -2.62. The van der Waals surface area contributed by atoms with Gasteiger partial charge >= 0.3 is 0 Å². The molecule has 23 heavy (non-hydrogen) atoms. The van der Waals surface area contributed by atoms with Crippen molar-refractivity contribution in [2.24, 2.45) is 5.10 Å². The number of hydrazone groups is 1. The molecule has 0 fully saturated rings. The first-order valence-electron chi connectivity index (χ1n) is 7.71. The van der Waals surface area contributed by atoms with Crippen LogP contribution in [0.1, 0.15) is 30.5 Å². The molecule has 4 heteroatoms. The number of carbonyl (C=O) groups is 1. The topological polar surface area (TPSA) is 50.7 Å². The van der Waals surface area contributed by atoms with Crippen LogP contribution in [0.4, 0.5) is 0 Å². The highest BCUT2D eigenvalue weighted by Crippen LogP contribution is 2.15. The fourth-order valence-corrected chi connectivity index (χ4v) is 2.09. The van der Waals surface area contributed by atoms with E-state index in [0.717, 1.165) is 23.3 Å². The predicted molar refractivity (Wildman–Crippen MR) is 92.8 cm³/mol. The van der Waals surface area contributed by atoms with Crippen LogP contribution < -0.4 is 10.2 Å². The molecule has 4 nitrogen and oxygen atoms in total. The molecule has 2 aromatic carbocycles. The van der Waals surface area contributed by atoms with E-state index < -0.39 is 0 Å². The number of rotatable bonds is 6. The Balaban J connectivity index is 1.88. The van der Waals surface area contributed by atoms with E-state index in [1.165, 1.54) is 5.56 Å². The van der Waals surface area contributed by atoms with Crippen molar-refractivity contribution >= 4 is 11.6 Å². The SMILES string of the molecule is CCc1ccc(/C(C)=N/NC(=O)COc2ccccc2C)cc1. The zero-order chi connectivity index (χ0) is 16.7. The summed E-state index contributed by atoms with van der Waals surface area (Å²) in [5, 5.41) is 4.12. The summed E-state index contributed by atoms with van der Waals surface area (Å²) in [5.41, 5.74) is 6.54. The highest BCUT2D eigenvalue weighted by molar-refractivity contribution is 5.99. The quantitative estimate of drug-likeness (QED) is 0.656. The Bertz CT molecular complexity index is 691. The fourth-order valence-electron chi connectivity index (χ4n) is 2.09. The van der Waals surface area contributed by atoms with Crippen molar-refractivity contribution in [3.63, 3.8) is 0 Å². The number of hydrogen-bond acceptors (Lipinski definition) is 3. The Labute approximate surface area is 137 Å². The minimum atomic E-state index is -0.280. The third-order valence-electron chi connectivity index (χ3n) is 3.58. The average Bonchev–Trinajstić information content (AvgIpc) is 2.59. The molecule has 0 aromatic heterocycles. The van der Waals surface area contributed by atoms with Gasteiger partial charge in [-0.2, -0.15) is 5.10 Å². The summed E-state index contributed by atoms with van der Waals surface area (Å²) in [7, 11) is 0. The van der Waals surface area contributed by atoms with Gasteiger partial charge in [-0.1, -0.05) is 49.4 Å². The molecular weight excluding hydrogens is 288 g/mol. The Kier molecular flexibility index (Phi) is 5.92. The van der Waals surface area contributed by atoms with Crippen molar-refractivity contribution in [2.45, 2.75) is 27.2 Å². The number of para-hydroxylation sites is 1. The van der Waals surface area contributed by atoms with E-state index in [2.05, 4.69) is 29.6 Å². The van der Waals surface area contributed by atoms with Crippen LogP contribution in [0, 0.1) is 6.92 Å². The minimum absolute atomic E-state index is 0.0591. The van der Waals surface area contributed by atoms with Crippen molar-refractivity contribution < 1.29 is 9.53 Å². The number of nitrogens with zero attached hydrogens (tertiary/aromatic N) is 1. The van der Waals surface area contributed by atoms with Crippen LogP contribution in [0.5, 0.6) is 5.75 Å². The molecule has 1 amide bonds. The molecular formula is C19H22N2O2. The molecule has 0 heterocycles. The summed E-state index contributed by atoms with van der Waals surface area (Å²) in [4.78, 5) is 11.8. The smallest absolute Gasteiger partial charge is 0.277 e. The average molecular weight is 310 g/mol. The van der Waals surface area contributed by atoms with Crippen LogP contribution >= 0.6 is 0 Å². The second-order valence-electron chi connectivity index (χ2n) is 5.34. The normalized spacial score (nSPS) is 11.2. The summed E-state index contributed by atoms with van der Waals surface area (Å²) in [6.07, 6.45) is 1.00. The minimum Gasteiger partial charge on any atom is -0.483 e. The second-order valence-corrected chi connectivity index (χ2v) is 5.34. The maximum atomic E-state index is 11.8. The molecule has 0 spiro atoms. The van der Waals surface area contributed by atoms with Gasteiger partial charge in [0, 0.05) is 0 Å². The summed E-state index contributed by atoms with van der Waals surface area (Å²) >= 11 is 0. The molecule has 0 radical (unpaired) electrons. The van der Waals surface area contributed by atoms with Crippen molar-refractivity contribution in [1.82, 2.24) is 5.43 Å². The first kappa shape index (κ1) is 16.7. The van der Waals surface area contributed by atoms with E-state index in [4.69, 9.17) is 4.74 Å². The number of aryl methyl sites for hydroxylation is 2. The van der Waals surface area contributed by atoms with E-state index in [-0.39, 0.29) is 12.5 Å². The molecule has 0 bridgehead atoms. The van der Waals surface area contributed by atoms with E-state index in [1.54, 1.807) is 0 Å². The molecule has 0 aliphatic carbocycles. The molecule has 0 aliphatic heterocycles.